The van der Waals surface area contributed by atoms with Crippen molar-refractivity contribution in [1.82, 2.24) is 4.90 Å². The Morgan fingerprint density at radius 1 is 1.24 bits per heavy atom. The lowest BCUT2D eigenvalue weighted by Crippen LogP contribution is -2.46. The van der Waals surface area contributed by atoms with Crippen LogP contribution in [0.3, 0.4) is 0 Å². The Morgan fingerprint density at radius 3 is 2.81 bits per heavy atom. The standard InChI is InChI=1S/C16H23N3O2/c17-14-8-7-12(10-16(14)19(20)21)11-18-9-3-5-13-4-1-2-6-15(13)18/h7-8,10,13,15H,1-6,9,11,17H2/t13-,15-/m1/s1. The molecule has 1 saturated heterocycles. The van der Waals surface area contributed by atoms with Crippen molar-refractivity contribution in [3.8, 4) is 0 Å². The maximum atomic E-state index is 11.0. The molecule has 2 N–H and O–H groups in total. The highest BCUT2D eigenvalue weighted by Gasteiger charge is 2.33. The van der Waals surface area contributed by atoms with Crippen molar-refractivity contribution in [2.75, 3.05) is 12.3 Å². The first-order valence-corrected chi connectivity index (χ1v) is 7.92. The van der Waals surface area contributed by atoms with Crippen LogP contribution >= 0.6 is 0 Å². The fourth-order valence-electron chi connectivity index (χ4n) is 4.00. The molecule has 0 spiro atoms. The fourth-order valence-corrected chi connectivity index (χ4v) is 4.00. The molecule has 2 aliphatic rings. The average Bonchev–Trinajstić information content (AvgIpc) is 2.49. The zero-order chi connectivity index (χ0) is 14.8. The minimum absolute atomic E-state index is 0.0321. The molecule has 1 aromatic rings. The SMILES string of the molecule is Nc1ccc(CN2CCC[C@H]3CCCC[C@H]32)cc1[N+](=O)[O-]. The second kappa shape index (κ2) is 6.02. The molecule has 0 amide bonds. The predicted molar refractivity (Wildman–Crippen MR) is 82.9 cm³/mol. The minimum Gasteiger partial charge on any atom is -0.393 e. The smallest absolute Gasteiger partial charge is 0.292 e. The number of hydrogen-bond acceptors (Lipinski definition) is 4. The number of fused-ring (bicyclic) bond motifs is 1. The number of nitrogens with two attached hydrogens (primary N) is 1. The molecule has 2 fully saturated rings. The molecule has 0 unspecified atom stereocenters. The molecule has 1 saturated carbocycles. The van der Waals surface area contributed by atoms with Crippen LogP contribution < -0.4 is 5.73 Å². The molecule has 5 heteroatoms. The van der Waals surface area contributed by atoms with Gasteiger partial charge >= 0.3 is 0 Å². The molecule has 2 atom stereocenters. The number of hydrogen-bond donors (Lipinski definition) is 1. The first-order chi connectivity index (χ1) is 10.1. The maximum Gasteiger partial charge on any atom is 0.292 e. The molecule has 0 radical (unpaired) electrons. The van der Waals surface area contributed by atoms with E-state index in [1.54, 1.807) is 12.1 Å². The lowest BCUT2D eigenvalue weighted by Gasteiger charge is -2.44. The van der Waals surface area contributed by atoms with Crippen molar-refractivity contribution < 1.29 is 4.92 Å². The summed E-state index contributed by atoms with van der Waals surface area (Å²) in [6.45, 7) is 1.92. The lowest BCUT2D eigenvalue weighted by atomic mass is 9.78. The van der Waals surface area contributed by atoms with Crippen LogP contribution in [-0.4, -0.2) is 22.4 Å². The van der Waals surface area contributed by atoms with Crippen molar-refractivity contribution >= 4 is 11.4 Å². The van der Waals surface area contributed by atoms with Crippen molar-refractivity contribution in [2.24, 2.45) is 5.92 Å². The van der Waals surface area contributed by atoms with Crippen molar-refractivity contribution in [2.45, 2.75) is 51.1 Å². The third-order valence-corrected chi connectivity index (χ3v) is 5.04. The molecule has 1 heterocycles. The highest BCUT2D eigenvalue weighted by Crippen LogP contribution is 2.36. The van der Waals surface area contributed by atoms with E-state index >= 15 is 0 Å². The van der Waals surface area contributed by atoms with Gasteiger partial charge in [-0.25, -0.2) is 0 Å². The van der Waals surface area contributed by atoms with Gasteiger partial charge in [0.05, 0.1) is 4.92 Å². The van der Waals surface area contributed by atoms with Crippen LogP contribution in [0.25, 0.3) is 0 Å². The summed E-state index contributed by atoms with van der Waals surface area (Å²) in [5.74, 6) is 0.830. The lowest BCUT2D eigenvalue weighted by molar-refractivity contribution is -0.384. The van der Waals surface area contributed by atoms with Gasteiger partial charge in [0.1, 0.15) is 5.69 Å². The second-order valence-corrected chi connectivity index (χ2v) is 6.37. The van der Waals surface area contributed by atoms with E-state index in [0.29, 0.717) is 6.04 Å². The molecule has 1 aromatic carbocycles. The summed E-state index contributed by atoms with van der Waals surface area (Å²) in [7, 11) is 0. The van der Waals surface area contributed by atoms with Crippen LogP contribution in [-0.2, 0) is 6.54 Å². The van der Waals surface area contributed by atoms with Crippen LogP contribution in [0.4, 0.5) is 11.4 Å². The summed E-state index contributed by atoms with van der Waals surface area (Å²) in [4.78, 5) is 13.1. The molecule has 5 nitrogen and oxygen atoms in total. The van der Waals surface area contributed by atoms with E-state index in [-0.39, 0.29) is 11.4 Å². The first kappa shape index (κ1) is 14.3. The largest absolute Gasteiger partial charge is 0.393 e. The highest BCUT2D eigenvalue weighted by molar-refractivity contribution is 5.59. The summed E-state index contributed by atoms with van der Waals surface area (Å²) < 4.78 is 0. The minimum atomic E-state index is -0.390. The Kier molecular flexibility index (Phi) is 4.10. The van der Waals surface area contributed by atoms with Crippen LogP contribution in [0.15, 0.2) is 18.2 Å². The highest BCUT2D eigenvalue weighted by atomic mass is 16.6. The number of nitro benzene ring substituents is 1. The molecule has 21 heavy (non-hydrogen) atoms. The number of likely N-dealkylation sites (tertiary alicyclic amines) is 1. The summed E-state index contributed by atoms with van der Waals surface area (Å²) in [5.41, 5.74) is 6.96. The molecule has 1 aliphatic carbocycles. The van der Waals surface area contributed by atoms with E-state index in [0.717, 1.165) is 24.6 Å². The third-order valence-electron chi connectivity index (χ3n) is 5.04. The molecular weight excluding hydrogens is 266 g/mol. The summed E-state index contributed by atoms with van der Waals surface area (Å²) in [5, 5.41) is 11.0. The van der Waals surface area contributed by atoms with Crippen LogP contribution in [0.2, 0.25) is 0 Å². The Morgan fingerprint density at radius 2 is 2.00 bits per heavy atom. The summed E-state index contributed by atoms with van der Waals surface area (Å²) in [6.07, 6.45) is 7.91. The first-order valence-electron chi connectivity index (χ1n) is 7.92. The average molecular weight is 289 g/mol. The molecule has 0 aromatic heterocycles. The van der Waals surface area contributed by atoms with Gasteiger partial charge in [-0.15, -0.1) is 0 Å². The van der Waals surface area contributed by atoms with Crippen LogP contribution in [0.5, 0.6) is 0 Å². The molecule has 3 rings (SSSR count). The number of piperidine rings is 1. The van der Waals surface area contributed by atoms with Gasteiger partial charge in [-0.3, -0.25) is 15.0 Å². The molecule has 0 bridgehead atoms. The van der Waals surface area contributed by atoms with Gasteiger partial charge in [-0.1, -0.05) is 18.9 Å². The fraction of sp³-hybridized carbons (Fsp3) is 0.625. The van der Waals surface area contributed by atoms with Gasteiger partial charge in [0, 0.05) is 18.7 Å². The predicted octanol–water partition coefficient (Wildman–Crippen LogP) is 3.33. The monoisotopic (exact) mass is 289 g/mol. The van der Waals surface area contributed by atoms with Crippen molar-refractivity contribution in [3.63, 3.8) is 0 Å². The van der Waals surface area contributed by atoms with Gasteiger partial charge in [-0.2, -0.15) is 0 Å². The Hall–Kier alpha value is -1.62. The van der Waals surface area contributed by atoms with Crippen LogP contribution in [0, 0.1) is 16.0 Å². The second-order valence-electron chi connectivity index (χ2n) is 6.37. The number of anilines is 1. The van der Waals surface area contributed by atoms with E-state index in [4.69, 9.17) is 5.73 Å². The molecule has 1 aliphatic heterocycles. The number of benzene rings is 1. The van der Waals surface area contributed by atoms with E-state index in [1.165, 1.54) is 38.5 Å². The van der Waals surface area contributed by atoms with Gasteiger partial charge in [0.2, 0.25) is 0 Å². The van der Waals surface area contributed by atoms with Gasteiger partial charge in [0.15, 0.2) is 0 Å². The van der Waals surface area contributed by atoms with Gasteiger partial charge in [0.25, 0.3) is 5.69 Å². The van der Waals surface area contributed by atoms with Crippen LogP contribution in [0.1, 0.15) is 44.1 Å². The number of nitrogen functional groups attached to an aromatic ring is 1. The summed E-state index contributed by atoms with van der Waals surface area (Å²) >= 11 is 0. The van der Waals surface area contributed by atoms with Gasteiger partial charge < -0.3 is 5.73 Å². The number of rotatable bonds is 3. The quantitative estimate of drug-likeness (QED) is 0.526. The zero-order valence-corrected chi connectivity index (χ0v) is 12.3. The maximum absolute atomic E-state index is 11.0. The van der Waals surface area contributed by atoms with E-state index in [9.17, 15) is 10.1 Å². The van der Waals surface area contributed by atoms with Crippen molar-refractivity contribution in [3.05, 3.63) is 33.9 Å². The van der Waals surface area contributed by atoms with E-state index in [1.807, 2.05) is 6.07 Å². The van der Waals surface area contributed by atoms with Gasteiger partial charge in [-0.05, 0) is 49.8 Å². The number of nitro groups is 1. The molecular formula is C16H23N3O2. The normalized spacial score (nSPS) is 26.3. The zero-order valence-electron chi connectivity index (χ0n) is 12.3. The Bertz CT molecular complexity index is 530. The molecule has 114 valence electrons. The van der Waals surface area contributed by atoms with E-state index < -0.39 is 4.92 Å². The number of nitrogens with zero attached hydrogens (tertiary/aromatic N) is 2. The topological polar surface area (TPSA) is 72.4 Å². The van der Waals surface area contributed by atoms with Crippen molar-refractivity contribution in [1.29, 1.82) is 0 Å². The Labute approximate surface area is 125 Å². The summed E-state index contributed by atoms with van der Waals surface area (Å²) in [6, 6.07) is 5.90. The Balaban J connectivity index is 1.76. The van der Waals surface area contributed by atoms with E-state index in [2.05, 4.69) is 4.90 Å². The third kappa shape index (κ3) is 3.02.